The van der Waals surface area contributed by atoms with E-state index in [1.165, 1.54) is 6.07 Å². The smallest absolute Gasteiger partial charge is 0.411 e. The van der Waals surface area contributed by atoms with Crippen molar-refractivity contribution in [3.05, 3.63) is 10.4 Å². The Hall–Kier alpha value is -1.10. The second kappa shape index (κ2) is 9.40. The first-order chi connectivity index (χ1) is 11.2. The number of thiocarbonyl (C=S) groups is 1. The number of hydrogen-bond donors (Lipinski definition) is 3. The first-order valence-electron chi connectivity index (χ1n) is 7.29. The molecule has 0 fully saturated rings. The van der Waals surface area contributed by atoms with Gasteiger partial charge in [-0.2, -0.15) is 0 Å². The molecular weight excluding hydrogens is 394 g/mol. The van der Waals surface area contributed by atoms with Crippen molar-refractivity contribution in [2.45, 2.75) is 43.9 Å². The Bertz CT molecular complexity index is 687. The number of nitrogens with one attached hydrogen (secondary N) is 3. The van der Waals surface area contributed by atoms with Gasteiger partial charge in [-0.15, -0.1) is 11.3 Å². The topological polar surface area (TPSA) is 96.5 Å². The molecule has 1 aromatic heterocycles. The van der Waals surface area contributed by atoms with E-state index in [4.69, 9.17) is 28.6 Å². The third kappa shape index (κ3) is 6.08. The molecule has 1 heterocycles. The van der Waals surface area contributed by atoms with Crippen LogP contribution in [-0.4, -0.2) is 32.3 Å². The average molecular weight is 414 g/mol. The summed E-state index contributed by atoms with van der Waals surface area (Å²) in [6.07, 6.45) is 0.846. The van der Waals surface area contributed by atoms with Crippen molar-refractivity contribution in [1.29, 1.82) is 0 Å². The highest BCUT2D eigenvalue weighted by atomic mass is 35.5. The van der Waals surface area contributed by atoms with Crippen molar-refractivity contribution in [2.24, 2.45) is 0 Å². The molecule has 1 aromatic rings. The molecule has 0 aliphatic heterocycles. The highest BCUT2D eigenvalue weighted by Gasteiger charge is 2.25. The number of sulfonamides is 1. The van der Waals surface area contributed by atoms with Crippen LogP contribution in [0, 0.1) is 0 Å². The summed E-state index contributed by atoms with van der Waals surface area (Å²) in [5, 5.41) is 5.28. The summed E-state index contributed by atoms with van der Waals surface area (Å²) < 4.78 is 32.1. The lowest BCUT2D eigenvalue weighted by Gasteiger charge is -2.17. The fraction of sp³-hybridized carbons (Fsp3) is 0.538. The monoisotopic (exact) mass is 413 g/mol. The molecule has 0 bridgehead atoms. The Morgan fingerprint density at radius 1 is 1.38 bits per heavy atom. The number of thiophene rings is 1. The SMILES string of the molecule is CCOC(=O)Nc1cc(Cl)sc1S(=O)(=O)NC(=S)NC(CC)CC. The van der Waals surface area contributed by atoms with Gasteiger partial charge in [0.25, 0.3) is 10.0 Å². The molecule has 7 nitrogen and oxygen atoms in total. The lowest BCUT2D eigenvalue weighted by Crippen LogP contribution is -2.43. The van der Waals surface area contributed by atoms with E-state index in [2.05, 4.69) is 15.4 Å². The zero-order valence-electron chi connectivity index (χ0n) is 13.5. The van der Waals surface area contributed by atoms with Crippen LogP contribution in [0.2, 0.25) is 4.34 Å². The standard InChI is InChI=1S/C13H20ClN3O4S3/c1-4-8(5-2)15-12(22)17-24(19,20)11-9(7-10(14)23-11)16-13(18)21-6-3/h7-8H,4-6H2,1-3H3,(H,16,18)(H2,15,17,22). The number of halogens is 1. The second-order valence-electron chi connectivity index (χ2n) is 4.69. The molecule has 1 amide bonds. The quantitative estimate of drug-likeness (QED) is 0.593. The van der Waals surface area contributed by atoms with Crippen molar-refractivity contribution < 1.29 is 17.9 Å². The van der Waals surface area contributed by atoms with E-state index in [-0.39, 0.29) is 32.0 Å². The molecule has 0 atom stereocenters. The summed E-state index contributed by atoms with van der Waals surface area (Å²) in [7, 11) is -3.98. The number of hydrogen-bond acceptors (Lipinski definition) is 6. The Kier molecular flexibility index (Phi) is 8.20. The van der Waals surface area contributed by atoms with E-state index in [1.807, 2.05) is 13.8 Å². The van der Waals surface area contributed by atoms with Crippen molar-refractivity contribution in [2.75, 3.05) is 11.9 Å². The minimum Gasteiger partial charge on any atom is -0.450 e. The first kappa shape index (κ1) is 20.9. The number of amides is 1. The van der Waals surface area contributed by atoms with Crippen LogP contribution in [-0.2, 0) is 14.8 Å². The molecule has 0 unspecified atom stereocenters. The van der Waals surface area contributed by atoms with Gasteiger partial charge >= 0.3 is 6.09 Å². The third-order valence-electron chi connectivity index (χ3n) is 2.97. The maximum atomic E-state index is 12.5. The van der Waals surface area contributed by atoms with Crippen LogP contribution < -0.4 is 15.4 Å². The third-order valence-corrected chi connectivity index (χ3v) is 6.47. The lowest BCUT2D eigenvalue weighted by molar-refractivity contribution is 0.168. The molecule has 0 spiro atoms. The summed E-state index contributed by atoms with van der Waals surface area (Å²) in [5.74, 6) is 0. The molecule has 136 valence electrons. The van der Waals surface area contributed by atoms with Gasteiger partial charge < -0.3 is 10.1 Å². The summed E-state index contributed by atoms with van der Waals surface area (Å²) in [4.78, 5) is 11.5. The molecule has 0 aliphatic rings. The van der Waals surface area contributed by atoms with Crippen molar-refractivity contribution >= 4 is 62.1 Å². The molecule has 1 rings (SSSR count). The summed E-state index contributed by atoms with van der Waals surface area (Å²) >= 11 is 11.7. The van der Waals surface area contributed by atoms with Crippen LogP contribution >= 0.6 is 35.2 Å². The van der Waals surface area contributed by atoms with Gasteiger partial charge in [-0.25, -0.2) is 13.2 Å². The van der Waals surface area contributed by atoms with E-state index < -0.39 is 16.1 Å². The van der Waals surface area contributed by atoms with E-state index >= 15 is 0 Å². The molecule has 0 radical (unpaired) electrons. The van der Waals surface area contributed by atoms with E-state index in [9.17, 15) is 13.2 Å². The van der Waals surface area contributed by atoms with Gasteiger partial charge in [-0.3, -0.25) is 10.0 Å². The van der Waals surface area contributed by atoms with Crippen LogP contribution in [0.15, 0.2) is 10.3 Å². The largest absolute Gasteiger partial charge is 0.450 e. The zero-order valence-corrected chi connectivity index (χ0v) is 16.7. The van der Waals surface area contributed by atoms with Gasteiger partial charge in [0.05, 0.1) is 16.6 Å². The zero-order chi connectivity index (χ0) is 18.3. The molecular formula is C13H20ClN3O4S3. The molecule has 0 saturated heterocycles. The minimum absolute atomic E-state index is 0.00435. The Balaban J connectivity index is 2.94. The van der Waals surface area contributed by atoms with Crippen molar-refractivity contribution in [3.63, 3.8) is 0 Å². The van der Waals surface area contributed by atoms with Gasteiger partial charge in [0.2, 0.25) is 0 Å². The van der Waals surface area contributed by atoms with Crippen LogP contribution in [0.4, 0.5) is 10.5 Å². The molecule has 0 aliphatic carbocycles. The van der Waals surface area contributed by atoms with Crippen molar-refractivity contribution in [3.8, 4) is 0 Å². The Morgan fingerprint density at radius 3 is 2.54 bits per heavy atom. The van der Waals surface area contributed by atoms with Gasteiger partial charge in [0.1, 0.15) is 0 Å². The van der Waals surface area contributed by atoms with Crippen molar-refractivity contribution in [1.82, 2.24) is 10.0 Å². The van der Waals surface area contributed by atoms with Gasteiger partial charge in [-0.1, -0.05) is 25.4 Å². The number of anilines is 1. The average Bonchev–Trinajstić information content (AvgIpc) is 2.85. The molecule has 11 heteroatoms. The van der Waals surface area contributed by atoms with Crippen LogP contribution in [0.3, 0.4) is 0 Å². The van der Waals surface area contributed by atoms with E-state index in [0.717, 1.165) is 24.2 Å². The van der Waals surface area contributed by atoms with Gasteiger partial charge in [0, 0.05) is 6.04 Å². The summed E-state index contributed by atoms with van der Waals surface area (Å²) in [6, 6.07) is 1.42. The summed E-state index contributed by atoms with van der Waals surface area (Å²) in [6.45, 7) is 5.74. The van der Waals surface area contributed by atoms with Gasteiger partial charge in [-0.05, 0) is 38.0 Å². The molecule has 0 saturated carbocycles. The van der Waals surface area contributed by atoms with Crippen LogP contribution in [0.5, 0.6) is 0 Å². The number of carbonyl (C=O) groups excluding carboxylic acids is 1. The predicted molar refractivity (Wildman–Crippen MR) is 100 cm³/mol. The number of ether oxygens (including phenoxy) is 1. The molecule has 24 heavy (non-hydrogen) atoms. The van der Waals surface area contributed by atoms with E-state index in [0.29, 0.717) is 0 Å². The molecule has 3 N–H and O–H groups in total. The molecule has 0 aromatic carbocycles. The fourth-order valence-corrected chi connectivity index (χ4v) is 4.96. The predicted octanol–water partition coefficient (Wildman–Crippen LogP) is 3.31. The highest BCUT2D eigenvalue weighted by molar-refractivity contribution is 7.93. The lowest BCUT2D eigenvalue weighted by atomic mass is 10.2. The first-order valence-corrected chi connectivity index (χ1v) is 10.4. The minimum atomic E-state index is -3.98. The van der Waals surface area contributed by atoms with Crippen LogP contribution in [0.25, 0.3) is 0 Å². The summed E-state index contributed by atoms with van der Waals surface area (Å²) in [5.41, 5.74) is 0.0429. The Morgan fingerprint density at radius 2 is 2.00 bits per heavy atom. The highest BCUT2D eigenvalue weighted by Crippen LogP contribution is 2.34. The maximum Gasteiger partial charge on any atom is 0.411 e. The normalized spacial score (nSPS) is 11.2. The second-order valence-corrected chi connectivity index (χ2v) is 8.66. The van der Waals surface area contributed by atoms with Crippen LogP contribution in [0.1, 0.15) is 33.6 Å². The maximum absolute atomic E-state index is 12.5. The number of rotatable bonds is 7. The van der Waals surface area contributed by atoms with Gasteiger partial charge in [0.15, 0.2) is 9.32 Å². The number of carbonyl (C=O) groups is 1. The Labute approximate surface area is 156 Å². The van der Waals surface area contributed by atoms with E-state index in [1.54, 1.807) is 6.92 Å². The fourth-order valence-electron chi connectivity index (χ4n) is 1.79.